The molecular weight excluding hydrogens is 372 g/mol. The molecule has 0 aromatic heterocycles. The molecule has 0 saturated heterocycles. The van der Waals surface area contributed by atoms with Crippen LogP contribution in [0.3, 0.4) is 0 Å². The van der Waals surface area contributed by atoms with Crippen LogP contribution in [-0.2, 0) is 20.9 Å². The van der Waals surface area contributed by atoms with E-state index in [2.05, 4.69) is 6.58 Å². The summed E-state index contributed by atoms with van der Waals surface area (Å²) in [4.78, 5) is 29.4. The lowest BCUT2D eigenvalue weighted by atomic mass is 10.0. The van der Waals surface area contributed by atoms with Gasteiger partial charge < -0.3 is 24.0 Å². The number of hydrogen-bond acceptors (Lipinski definition) is 5. The highest BCUT2D eigenvalue weighted by Crippen LogP contribution is 2.41. The quantitative estimate of drug-likeness (QED) is 0.656. The topological polar surface area (TPSA) is 68.3 Å². The van der Waals surface area contributed by atoms with Gasteiger partial charge in [-0.15, -0.1) is 0 Å². The first-order chi connectivity index (χ1) is 14.1. The molecule has 2 aliphatic rings. The number of methoxy groups -OCH3 is 2. The van der Waals surface area contributed by atoms with Crippen molar-refractivity contribution in [3.63, 3.8) is 0 Å². The Balaban J connectivity index is 2.10. The molecule has 1 heterocycles. The van der Waals surface area contributed by atoms with Crippen molar-refractivity contribution >= 4 is 17.5 Å². The zero-order chi connectivity index (χ0) is 20.8. The number of carbonyl (C=O) groups excluding carboxylic acids is 2. The molecule has 7 nitrogen and oxygen atoms in total. The molecule has 158 valence electrons. The van der Waals surface area contributed by atoms with E-state index in [1.54, 1.807) is 24.2 Å². The largest absolute Gasteiger partial charge is 0.493 e. The number of ether oxygens (including phenoxy) is 3. The molecule has 1 aromatic carbocycles. The van der Waals surface area contributed by atoms with Gasteiger partial charge in [0.05, 0.1) is 19.3 Å². The fourth-order valence-corrected chi connectivity index (χ4v) is 4.20. The highest BCUT2D eigenvalue weighted by Gasteiger charge is 2.33. The molecule has 0 radical (unpaired) electrons. The third-order valence-corrected chi connectivity index (χ3v) is 5.59. The van der Waals surface area contributed by atoms with E-state index in [9.17, 15) is 9.59 Å². The summed E-state index contributed by atoms with van der Waals surface area (Å²) in [5.41, 5.74) is 1.53. The Morgan fingerprint density at radius 2 is 2.03 bits per heavy atom. The molecule has 0 spiro atoms. The Bertz CT molecular complexity index is 758. The van der Waals surface area contributed by atoms with Crippen LogP contribution >= 0.6 is 0 Å². The molecule has 3 rings (SSSR count). The van der Waals surface area contributed by atoms with Crippen molar-refractivity contribution in [1.29, 1.82) is 0 Å². The number of carbonyl (C=O) groups is 2. The molecule has 2 amide bonds. The lowest BCUT2D eigenvalue weighted by molar-refractivity contribution is -0.134. The molecule has 0 atom stereocenters. The van der Waals surface area contributed by atoms with Gasteiger partial charge in [-0.2, -0.15) is 0 Å². The number of nitrogens with zero attached hydrogens (tertiary/aromatic N) is 2. The van der Waals surface area contributed by atoms with Gasteiger partial charge in [-0.3, -0.25) is 9.59 Å². The van der Waals surface area contributed by atoms with Gasteiger partial charge in [0.1, 0.15) is 13.2 Å². The average molecular weight is 402 g/mol. The second kappa shape index (κ2) is 9.78. The summed E-state index contributed by atoms with van der Waals surface area (Å²) in [6, 6.07) is 3.90. The maximum Gasteiger partial charge on any atom is 0.252 e. The van der Waals surface area contributed by atoms with Gasteiger partial charge in [-0.05, 0) is 25.0 Å². The van der Waals surface area contributed by atoms with Gasteiger partial charge in [-0.25, -0.2) is 0 Å². The van der Waals surface area contributed by atoms with Crippen LogP contribution in [0.4, 0.5) is 5.69 Å². The maximum absolute atomic E-state index is 13.0. The third kappa shape index (κ3) is 4.56. The molecule has 29 heavy (non-hydrogen) atoms. The number of amides is 2. The minimum atomic E-state index is -0.185. The van der Waals surface area contributed by atoms with Crippen LogP contribution in [0.25, 0.3) is 0 Å². The van der Waals surface area contributed by atoms with E-state index >= 15 is 0 Å². The van der Waals surface area contributed by atoms with Gasteiger partial charge in [-0.1, -0.05) is 25.5 Å². The van der Waals surface area contributed by atoms with Crippen LogP contribution in [0.1, 0.15) is 37.7 Å². The predicted octanol–water partition coefficient (Wildman–Crippen LogP) is 2.91. The van der Waals surface area contributed by atoms with E-state index in [1.165, 1.54) is 7.11 Å². The van der Waals surface area contributed by atoms with Gasteiger partial charge in [0.15, 0.2) is 11.5 Å². The maximum atomic E-state index is 13.0. The number of benzene rings is 1. The second-order valence-corrected chi connectivity index (χ2v) is 7.38. The minimum Gasteiger partial charge on any atom is -0.493 e. The summed E-state index contributed by atoms with van der Waals surface area (Å²) in [6.07, 6.45) is 6.26. The molecule has 7 heteroatoms. The van der Waals surface area contributed by atoms with Gasteiger partial charge >= 0.3 is 0 Å². The van der Waals surface area contributed by atoms with Crippen molar-refractivity contribution in [2.75, 3.05) is 38.9 Å². The lowest BCUT2D eigenvalue weighted by Gasteiger charge is -2.36. The van der Waals surface area contributed by atoms with E-state index < -0.39 is 0 Å². The van der Waals surface area contributed by atoms with E-state index in [-0.39, 0.29) is 24.5 Å². The van der Waals surface area contributed by atoms with Crippen molar-refractivity contribution in [1.82, 2.24) is 4.90 Å². The monoisotopic (exact) mass is 402 g/mol. The molecule has 0 unspecified atom stereocenters. The Labute approximate surface area is 172 Å². The van der Waals surface area contributed by atoms with Crippen LogP contribution in [0.15, 0.2) is 24.8 Å². The second-order valence-electron chi connectivity index (χ2n) is 7.38. The number of fused-ring (bicyclic) bond motifs is 1. The minimum absolute atomic E-state index is 0.0468. The summed E-state index contributed by atoms with van der Waals surface area (Å²) in [6.45, 7) is 4.68. The zero-order valence-electron chi connectivity index (χ0n) is 17.3. The van der Waals surface area contributed by atoms with Crippen molar-refractivity contribution < 1.29 is 23.8 Å². The SMILES string of the molecule is C=CCOc1c(OC)ccc2c1CN(C1CCCC1)C(=O)CCN2C(=O)COC. The predicted molar refractivity (Wildman–Crippen MR) is 110 cm³/mol. The fourth-order valence-electron chi connectivity index (χ4n) is 4.20. The van der Waals surface area contributed by atoms with Gasteiger partial charge in [0.25, 0.3) is 5.91 Å². The van der Waals surface area contributed by atoms with E-state index in [4.69, 9.17) is 14.2 Å². The molecule has 1 fully saturated rings. The fraction of sp³-hybridized carbons (Fsp3) is 0.545. The van der Waals surface area contributed by atoms with Crippen molar-refractivity contribution in [3.8, 4) is 11.5 Å². The first kappa shape index (κ1) is 21.2. The number of anilines is 1. The Morgan fingerprint density at radius 3 is 2.69 bits per heavy atom. The van der Waals surface area contributed by atoms with Crippen molar-refractivity contribution in [3.05, 3.63) is 30.4 Å². The van der Waals surface area contributed by atoms with E-state index in [1.807, 2.05) is 11.0 Å². The molecule has 1 aliphatic heterocycles. The smallest absolute Gasteiger partial charge is 0.252 e. The number of hydrogen-bond donors (Lipinski definition) is 0. The normalized spacial score (nSPS) is 17.5. The standard InChI is InChI=1S/C22H30N2O5/c1-4-13-29-22-17-14-24(16-7-5-6-8-16)20(25)11-12-23(21(26)15-27-2)18(17)9-10-19(22)28-3/h4,9-10,16H,1,5-8,11-15H2,2-3H3. The zero-order valence-corrected chi connectivity index (χ0v) is 17.3. The molecule has 0 bridgehead atoms. The highest BCUT2D eigenvalue weighted by atomic mass is 16.5. The first-order valence-electron chi connectivity index (χ1n) is 10.1. The Hall–Kier alpha value is -2.54. The Morgan fingerprint density at radius 1 is 1.28 bits per heavy atom. The summed E-state index contributed by atoms with van der Waals surface area (Å²) in [7, 11) is 3.07. The summed E-state index contributed by atoms with van der Waals surface area (Å²) >= 11 is 0. The van der Waals surface area contributed by atoms with Crippen LogP contribution in [-0.4, -0.2) is 56.7 Å². The van der Waals surface area contributed by atoms with Crippen LogP contribution in [0.5, 0.6) is 11.5 Å². The van der Waals surface area contributed by atoms with Crippen LogP contribution < -0.4 is 14.4 Å². The Kier molecular flexibility index (Phi) is 7.14. The average Bonchev–Trinajstić information content (AvgIpc) is 3.24. The van der Waals surface area contributed by atoms with E-state index in [0.29, 0.717) is 37.6 Å². The van der Waals surface area contributed by atoms with Crippen molar-refractivity contribution in [2.45, 2.75) is 44.7 Å². The summed E-state index contributed by atoms with van der Waals surface area (Å²) in [5.74, 6) is 1.01. The molecule has 1 aromatic rings. The van der Waals surface area contributed by atoms with Crippen molar-refractivity contribution in [2.24, 2.45) is 0 Å². The highest BCUT2D eigenvalue weighted by molar-refractivity contribution is 5.97. The third-order valence-electron chi connectivity index (χ3n) is 5.59. The molecule has 1 saturated carbocycles. The molecule has 0 N–H and O–H groups in total. The summed E-state index contributed by atoms with van der Waals surface area (Å²) in [5, 5.41) is 0. The van der Waals surface area contributed by atoms with Crippen LogP contribution in [0, 0.1) is 0 Å². The molecular formula is C22H30N2O5. The summed E-state index contributed by atoms with van der Waals surface area (Å²) < 4.78 is 16.5. The first-order valence-corrected chi connectivity index (χ1v) is 10.1. The van der Waals surface area contributed by atoms with Gasteiger partial charge in [0, 0.05) is 31.7 Å². The molecule has 1 aliphatic carbocycles. The lowest BCUT2D eigenvalue weighted by Crippen LogP contribution is -2.44. The van der Waals surface area contributed by atoms with E-state index in [0.717, 1.165) is 36.9 Å². The van der Waals surface area contributed by atoms with Gasteiger partial charge in [0.2, 0.25) is 5.91 Å². The number of rotatable bonds is 7. The van der Waals surface area contributed by atoms with Crippen LogP contribution in [0.2, 0.25) is 0 Å².